The number of nitrogens with one attached hydrogen (secondary N) is 2. The standard InChI is InChI=1S/C19H20FN3O4S/c20-14-7-9-15(10-8-14)28(26,27)22-17-5-2-1-4-16(17)21-18(24)11-13-23-12-3-6-19(23)25/h1-2,4-5,7-10,22H,3,6,11-13H2,(H,21,24). The maximum atomic E-state index is 13.0. The average Bonchev–Trinajstić information content (AvgIpc) is 3.07. The van der Waals surface area contributed by atoms with Crippen molar-refractivity contribution in [1.29, 1.82) is 0 Å². The Hall–Kier alpha value is -2.94. The number of anilines is 2. The Balaban J connectivity index is 1.68. The third-order valence-electron chi connectivity index (χ3n) is 4.35. The van der Waals surface area contributed by atoms with Gasteiger partial charge in [0.05, 0.1) is 16.3 Å². The van der Waals surface area contributed by atoms with Crippen molar-refractivity contribution >= 4 is 33.2 Å². The fourth-order valence-corrected chi connectivity index (χ4v) is 3.97. The van der Waals surface area contributed by atoms with Gasteiger partial charge in [0.2, 0.25) is 11.8 Å². The van der Waals surface area contributed by atoms with Crippen molar-refractivity contribution in [3.05, 3.63) is 54.3 Å². The van der Waals surface area contributed by atoms with Crippen LogP contribution in [0.2, 0.25) is 0 Å². The first-order valence-electron chi connectivity index (χ1n) is 8.80. The molecule has 148 valence electrons. The SMILES string of the molecule is O=C(CCN1CCCC1=O)Nc1ccccc1NS(=O)(=O)c1ccc(F)cc1. The lowest BCUT2D eigenvalue weighted by atomic mass is 10.2. The largest absolute Gasteiger partial charge is 0.342 e. The van der Waals surface area contributed by atoms with Crippen LogP contribution in [-0.2, 0) is 19.6 Å². The van der Waals surface area contributed by atoms with E-state index in [0.717, 1.165) is 30.7 Å². The Bertz CT molecular complexity index is 977. The molecular formula is C19H20FN3O4S. The van der Waals surface area contributed by atoms with Gasteiger partial charge in [-0.3, -0.25) is 14.3 Å². The van der Waals surface area contributed by atoms with Gasteiger partial charge in [-0.25, -0.2) is 12.8 Å². The highest BCUT2D eigenvalue weighted by atomic mass is 32.2. The number of likely N-dealkylation sites (tertiary alicyclic amines) is 1. The number of carbonyl (C=O) groups excluding carboxylic acids is 2. The van der Waals surface area contributed by atoms with E-state index in [2.05, 4.69) is 10.0 Å². The lowest BCUT2D eigenvalue weighted by Gasteiger charge is -2.16. The maximum absolute atomic E-state index is 13.0. The average molecular weight is 405 g/mol. The molecule has 1 saturated heterocycles. The molecule has 0 unspecified atom stereocenters. The van der Waals surface area contributed by atoms with Crippen molar-refractivity contribution in [3.8, 4) is 0 Å². The Morgan fingerprint density at radius 3 is 2.39 bits per heavy atom. The number of rotatable bonds is 7. The molecule has 0 spiro atoms. The lowest BCUT2D eigenvalue weighted by Crippen LogP contribution is -2.28. The summed E-state index contributed by atoms with van der Waals surface area (Å²) in [4.78, 5) is 25.4. The maximum Gasteiger partial charge on any atom is 0.261 e. The zero-order valence-corrected chi connectivity index (χ0v) is 15.8. The Morgan fingerprint density at radius 1 is 1.07 bits per heavy atom. The minimum Gasteiger partial charge on any atom is -0.342 e. The lowest BCUT2D eigenvalue weighted by molar-refractivity contribution is -0.128. The van der Waals surface area contributed by atoms with Crippen LogP contribution in [0.25, 0.3) is 0 Å². The van der Waals surface area contributed by atoms with Crippen LogP contribution in [0.1, 0.15) is 19.3 Å². The van der Waals surface area contributed by atoms with Gasteiger partial charge in [-0.2, -0.15) is 0 Å². The van der Waals surface area contributed by atoms with E-state index in [4.69, 9.17) is 0 Å². The first kappa shape index (κ1) is 19.8. The van der Waals surface area contributed by atoms with Gasteiger partial charge in [0.25, 0.3) is 10.0 Å². The van der Waals surface area contributed by atoms with Crippen molar-refractivity contribution in [2.75, 3.05) is 23.1 Å². The summed E-state index contributed by atoms with van der Waals surface area (Å²) in [5.74, 6) is -0.823. The highest BCUT2D eigenvalue weighted by Crippen LogP contribution is 2.25. The van der Waals surface area contributed by atoms with E-state index in [0.29, 0.717) is 25.2 Å². The van der Waals surface area contributed by atoms with E-state index >= 15 is 0 Å². The molecule has 0 bridgehead atoms. The van der Waals surface area contributed by atoms with Gasteiger partial charge in [-0.1, -0.05) is 12.1 Å². The molecule has 2 amide bonds. The summed E-state index contributed by atoms with van der Waals surface area (Å²) in [7, 11) is -3.94. The summed E-state index contributed by atoms with van der Waals surface area (Å²) in [5.41, 5.74) is 0.489. The monoisotopic (exact) mass is 405 g/mol. The topological polar surface area (TPSA) is 95.6 Å². The van der Waals surface area contributed by atoms with Crippen molar-refractivity contribution in [3.63, 3.8) is 0 Å². The quantitative estimate of drug-likeness (QED) is 0.740. The van der Waals surface area contributed by atoms with Crippen LogP contribution >= 0.6 is 0 Å². The van der Waals surface area contributed by atoms with Gasteiger partial charge in [0.1, 0.15) is 5.82 Å². The molecule has 28 heavy (non-hydrogen) atoms. The number of sulfonamides is 1. The molecule has 0 aliphatic carbocycles. The predicted molar refractivity (Wildman–Crippen MR) is 103 cm³/mol. The molecule has 1 aliphatic heterocycles. The highest BCUT2D eigenvalue weighted by Gasteiger charge is 2.21. The van der Waals surface area contributed by atoms with Gasteiger partial charge < -0.3 is 10.2 Å². The van der Waals surface area contributed by atoms with E-state index in [9.17, 15) is 22.4 Å². The molecule has 0 saturated carbocycles. The molecule has 1 aliphatic rings. The highest BCUT2D eigenvalue weighted by molar-refractivity contribution is 7.92. The van der Waals surface area contributed by atoms with Crippen LogP contribution < -0.4 is 10.0 Å². The predicted octanol–water partition coefficient (Wildman–Crippen LogP) is 2.58. The fraction of sp³-hybridized carbons (Fsp3) is 0.263. The minimum absolute atomic E-state index is 0.0419. The second kappa shape index (κ2) is 8.39. The van der Waals surface area contributed by atoms with E-state index in [1.54, 1.807) is 23.1 Å². The third kappa shape index (κ3) is 4.86. The normalized spacial score (nSPS) is 14.2. The van der Waals surface area contributed by atoms with E-state index < -0.39 is 15.8 Å². The molecule has 2 aromatic carbocycles. The van der Waals surface area contributed by atoms with Gasteiger partial charge in [-0.15, -0.1) is 0 Å². The van der Waals surface area contributed by atoms with Crippen LogP contribution in [0, 0.1) is 5.82 Å². The molecule has 2 aromatic rings. The zero-order chi connectivity index (χ0) is 20.1. The first-order valence-corrected chi connectivity index (χ1v) is 10.3. The number of halogens is 1. The number of carbonyl (C=O) groups is 2. The van der Waals surface area contributed by atoms with Crippen LogP contribution in [0.4, 0.5) is 15.8 Å². The van der Waals surface area contributed by atoms with Crippen LogP contribution in [-0.4, -0.2) is 38.2 Å². The van der Waals surface area contributed by atoms with Crippen LogP contribution in [0.3, 0.4) is 0 Å². The number of nitrogens with zero attached hydrogens (tertiary/aromatic N) is 1. The Kier molecular flexibility index (Phi) is 5.93. The number of hydrogen-bond acceptors (Lipinski definition) is 4. The van der Waals surface area contributed by atoms with Gasteiger partial charge in [-0.05, 0) is 42.8 Å². The van der Waals surface area contributed by atoms with E-state index in [1.165, 1.54) is 6.07 Å². The summed E-state index contributed by atoms with van der Waals surface area (Å²) in [5, 5.41) is 2.67. The minimum atomic E-state index is -3.94. The molecular weight excluding hydrogens is 385 g/mol. The van der Waals surface area contributed by atoms with Gasteiger partial charge >= 0.3 is 0 Å². The summed E-state index contributed by atoms with van der Waals surface area (Å²) in [6.45, 7) is 0.980. The number of amides is 2. The molecule has 0 radical (unpaired) electrons. The summed E-state index contributed by atoms with van der Waals surface area (Å²) < 4.78 is 40.4. The third-order valence-corrected chi connectivity index (χ3v) is 5.73. The second-order valence-electron chi connectivity index (χ2n) is 6.39. The smallest absolute Gasteiger partial charge is 0.261 e. The van der Waals surface area contributed by atoms with Crippen molar-refractivity contribution in [2.24, 2.45) is 0 Å². The molecule has 1 fully saturated rings. The molecule has 7 nitrogen and oxygen atoms in total. The van der Waals surface area contributed by atoms with E-state index in [-0.39, 0.29) is 28.8 Å². The van der Waals surface area contributed by atoms with Crippen LogP contribution in [0.5, 0.6) is 0 Å². The van der Waals surface area contributed by atoms with E-state index in [1.807, 2.05) is 0 Å². The fourth-order valence-electron chi connectivity index (χ4n) is 2.89. The van der Waals surface area contributed by atoms with Crippen molar-refractivity contribution in [1.82, 2.24) is 4.90 Å². The molecule has 3 rings (SSSR count). The first-order chi connectivity index (χ1) is 13.3. The number of hydrogen-bond donors (Lipinski definition) is 2. The summed E-state index contributed by atoms with van der Waals surface area (Å²) in [6, 6.07) is 10.8. The Morgan fingerprint density at radius 2 is 1.75 bits per heavy atom. The summed E-state index contributed by atoms with van der Waals surface area (Å²) >= 11 is 0. The summed E-state index contributed by atoms with van der Waals surface area (Å²) in [6.07, 6.45) is 1.43. The zero-order valence-electron chi connectivity index (χ0n) is 15.0. The van der Waals surface area contributed by atoms with Crippen molar-refractivity contribution in [2.45, 2.75) is 24.2 Å². The Labute approximate surface area is 162 Å². The molecule has 2 N–H and O–H groups in total. The number of para-hydroxylation sites is 2. The van der Waals surface area contributed by atoms with Crippen molar-refractivity contribution < 1.29 is 22.4 Å². The molecule has 1 heterocycles. The molecule has 0 aromatic heterocycles. The van der Waals surface area contributed by atoms with Gasteiger partial charge in [0, 0.05) is 25.9 Å². The van der Waals surface area contributed by atoms with Crippen LogP contribution in [0.15, 0.2) is 53.4 Å². The second-order valence-corrected chi connectivity index (χ2v) is 8.07. The molecule has 0 atom stereocenters. The number of benzene rings is 2. The molecule has 9 heteroatoms. The van der Waals surface area contributed by atoms with Gasteiger partial charge in [0.15, 0.2) is 0 Å².